The summed E-state index contributed by atoms with van der Waals surface area (Å²) in [5, 5.41) is 4.22. The van der Waals surface area contributed by atoms with Gasteiger partial charge in [-0.15, -0.1) is 11.8 Å². The minimum absolute atomic E-state index is 0.335. The summed E-state index contributed by atoms with van der Waals surface area (Å²) in [5.41, 5.74) is 2.74. The molecule has 112 valence electrons. The van der Waals surface area contributed by atoms with Crippen LogP contribution < -0.4 is 5.32 Å². The third-order valence-electron chi connectivity index (χ3n) is 3.51. The van der Waals surface area contributed by atoms with Crippen LogP contribution in [0.2, 0.25) is 5.02 Å². The van der Waals surface area contributed by atoms with Crippen molar-refractivity contribution in [2.24, 2.45) is 0 Å². The Labute approximate surface area is 137 Å². The van der Waals surface area contributed by atoms with Crippen LogP contribution in [0.1, 0.15) is 30.5 Å². The van der Waals surface area contributed by atoms with Crippen molar-refractivity contribution >= 4 is 23.4 Å². The van der Waals surface area contributed by atoms with Crippen LogP contribution in [-0.4, -0.2) is 12.8 Å². The molecule has 0 radical (unpaired) electrons. The maximum Gasteiger partial charge on any atom is 0.0541 e. The molecule has 0 amide bonds. The Hall–Kier alpha value is -0.960. The van der Waals surface area contributed by atoms with Gasteiger partial charge in [-0.3, -0.25) is 0 Å². The summed E-state index contributed by atoms with van der Waals surface area (Å²) in [5.74, 6) is 0.966. The molecule has 2 rings (SSSR count). The average Bonchev–Trinajstić information content (AvgIpc) is 2.51. The first-order valence-corrected chi connectivity index (χ1v) is 8.74. The molecule has 0 saturated carbocycles. The fraction of sp³-hybridized carbons (Fsp3) is 0.333. The van der Waals surface area contributed by atoms with Gasteiger partial charge in [-0.05, 0) is 36.7 Å². The summed E-state index contributed by atoms with van der Waals surface area (Å²) in [6, 6.07) is 17.3. The summed E-state index contributed by atoms with van der Waals surface area (Å²) in [6.45, 7) is 2.21. The van der Waals surface area contributed by atoms with Gasteiger partial charge in [-0.2, -0.15) is 0 Å². The summed E-state index contributed by atoms with van der Waals surface area (Å²) in [6.07, 6.45) is 2.34. The summed E-state index contributed by atoms with van der Waals surface area (Å²) in [7, 11) is 2.01. The highest BCUT2D eigenvalue weighted by molar-refractivity contribution is 7.99. The molecule has 1 N–H and O–H groups in total. The molecule has 1 nitrogen and oxygen atoms in total. The summed E-state index contributed by atoms with van der Waals surface area (Å²) >= 11 is 8.01. The molecule has 0 fully saturated rings. The highest BCUT2D eigenvalue weighted by atomic mass is 35.5. The van der Waals surface area contributed by atoms with E-state index < -0.39 is 0 Å². The number of rotatable bonds is 7. The van der Waals surface area contributed by atoms with E-state index in [0.29, 0.717) is 6.04 Å². The van der Waals surface area contributed by atoms with E-state index in [1.54, 1.807) is 11.8 Å². The van der Waals surface area contributed by atoms with Crippen LogP contribution in [0.4, 0.5) is 0 Å². The summed E-state index contributed by atoms with van der Waals surface area (Å²) in [4.78, 5) is 1.14. The standard InChI is InChI=1S/C18H22ClNS/c1-3-6-14-9-11-15(12-10-14)17(20-2)13-21-18-8-5-4-7-16(18)19/h4-5,7-12,17,20H,3,6,13H2,1-2H3. The van der Waals surface area contributed by atoms with Gasteiger partial charge in [0.15, 0.2) is 0 Å². The van der Waals surface area contributed by atoms with Crippen LogP contribution in [0.25, 0.3) is 0 Å². The molecule has 21 heavy (non-hydrogen) atoms. The zero-order valence-corrected chi connectivity index (χ0v) is 14.2. The SMILES string of the molecule is CCCc1ccc(C(CSc2ccccc2Cl)NC)cc1. The molecule has 0 bridgehead atoms. The lowest BCUT2D eigenvalue weighted by atomic mass is 10.0. The largest absolute Gasteiger partial charge is 0.312 e. The molecule has 2 aromatic rings. The highest BCUT2D eigenvalue weighted by Gasteiger charge is 2.10. The molecule has 1 atom stereocenters. The molecule has 0 heterocycles. The van der Waals surface area contributed by atoms with Crippen LogP contribution in [0.15, 0.2) is 53.4 Å². The third kappa shape index (κ3) is 4.77. The van der Waals surface area contributed by atoms with Gasteiger partial charge >= 0.3 is 0 Å². The molecule has 1 unspecified atom stereocenters. The lowest BCUT2D eigenvalue weighted by molar-refractivity contribution is 0.661. The van der Waals surface area contributed by atoms with Crippen LogP contribution in [0, 0.1) is 0 Å². The van der Waals surface area contributed by atoms with Gasteiger partial charge in [-0.25, -0.2) is 0 Å². The minimum atomic E-state index is 0.335. The fourth-order valence-electron chi connectivity index (χ4n) is 2.29. The van der Waals surface area contributed by atoms with E-state index in [1.807, 2.05) is 25.2 Å². The summed E-state index contributed by atoms with van der Waals surface area (Å²) < 4.78 is 0. The number of halogens is 1. The van der Waals surface area contributed by atoms with E-state index in [4.69, 9.17) is 11.6 Å². The van der Waals surface area contributed by atoms with Crippen molar-refractivity contribution in [1.82, 2.24) is 5.32 Å². The minimum Gasteiger partial charge on any atom is -0.312 e. The third-order valence-corrected chi connectivity index (χ3v) is 5.12. The Morgan fingerprint density at radius 2 is 1.81 bits per heavy atom. The van der Waals surface area contributed by atoms with E-state index in [1.165, 1.54) is 17.5 Å². The Kier molecular flexibility index (Phi) is 6.62. The van der Waals surface area contributed by atoms with Crippen molar-refractivity contribution in [2.75, 3.05) is 12.8 Å². The topological polar surface area (TPSA) is 12.0 Å². The molecule has 0 aromatic heterocycles. The first-order valence-electron chi connectivity index (χ1n) is 7.38. The zero-order chi connectivity index (χ0) is 15.1. The first kappa shape index (κ1) is 16.4. The van der Waals surface area contributed by atoms with Crippen LogP contribution in [0.5, 0.6) is 0 Å². The highest BCUT2D eigenvalue weighted by Crippen LogP contribution is 2.30. The lowest BCUT2D eigenvalue weighted by Gasteiger charge is -2.17. The quantitative estimate of drug-likeness (QED) is 0.691. The molecule has 0 aliphatic carbocycles. The van der Waals surface area contributed by atoms with Crippen LogP contribution in [-0.2, 0) is 6.42 Å². The number of thioether (sulfide) groups is 1. The molecule has 3 heteroatoms. The number of hydrogen-bond acceptors (Lipinski definition) is 2. The molecule has 0 spiro atoms. The van der Waals surface area contributed by atoms with Gasteiger partial charge in [0.1, 0.15) is 0 Å². The second-order valence-electron chi connectivity index (χ2n) is 5.07. The van der Waals surface area contributed by atoms with Crippen molar-refractivity contribution in [3.8, 4) is 0 Å². The molecule has 2 aromatic carbocycles. The van der Waals surface area contributed by atoms with Gasteiger partial charge < -0.3 is 5.32 Å². The predicted octanol–water partition coefficient (Wildman–Crippen LogP) is 5.35. The van der Waals surface area contributed by atoms with E-state index >= 15 is 0 Å². The Bertz CT molecular complexity index is 553. The number of benzene rings is 2. The molecular formula is C18H22ClNS. The van der Waals surface area contributed by atoms with Gasteiger partial charge in [0.25, 0.3) is 0 Å². The second-order valence-corrected chi connectivity index (χ2v) is 6.54. The average molecular weight is 320 g/mol. The van der Waals surface area contributed by atoms with Gasteiger partial charge in [0.2, 0.25) is 0 Å². The van der Waals surface area contributed by atoms with Gasteiger partial charge in [0, 0.05) is 16.7 Å². The van der Waals surface area contributed by atoms with Crippen molar-refractivity contribution in [1.29, 1.82) is 0 Å². The number of hydrogen-bond donors (Lipinski definition) is 1. The molecule has 0 saturated heterocycles. The van der Waals surface area contributed by atoms with E-state index in [2.05, 4.69) is 42.6 Å². The zero-order valence-electron chi connectivity index (χ0n) is 12.6. The molecular weight excluding hydrogens is 298 g/mol. The first-order chi connectivity index (χ1) is 10.2. The molecule has 0 aliphatic rings. The normalized spacial score (nSPS) is 12.3. The Morgan fingerprint density at radius 1 is 1.10 bits per heavy atom. The van der Waals surface area contributed by atoms with Crippen LogP contribution in [0.3, 0.4) is 0 Å². The maximum atomic E-state index is 6.21. The second kappa shape index (κ2) is 8.47. The van der Waals surface area contributed by atoms with E-state index in [-0.39, 0.29) is 0 Å². The van der Waals surface area contributed by atoms with Gasteiger partial charge in [-0.1, -0.05) is 61.3 Å². The number of aryl methyl sites for hydroxylation is 1. The van der Waals surface area contributed by atoms with E-state index in [0.717, 1.165) is 22.1 Å². The number of nitrogens with one attached hydrogen (secondary N) is 1. The predicted molar refractivity (Wildman–Crippen MR) is 94.4 cm³/mol. The monoisotopic (exact) mass is 319 g/mol. The fourth-order valence-corrected chi connectivity index (χ4v) is 3.67. The van der Waals surface area contributed by atoms with Crippen molar-refractivity contribution in [3.63, 3.8) is 0 Å². The lowest BCUT2D eigenvalue weighted by Crippen LogP contribution is -2.18. The van der Waals surface area contributed by atoms with Crippen molar-refractivity contribution in [2.45, 2.75) is 30.7 Å². The maximum absolute atomic E-state index is 6.21. The Balaban J connectivity index is 2.01. The molecule has 0 aliphatic heterocycles. The van der Waals surface area contributed by atoms with Crippen molar-refractivity contribution in [3.05, 3.63) is 64.7 Å². The smallest absolute Gasteiger partial charge is 0.0541 e. The van der Waals surface area contributed by atoms with Crippen molar-refractivity contribution < 1.29 is 0 Å². The van der Waals surface area contributed by atoms with Gasteiger partial charge in [0.05, 0.1) is 5.02 Å². The van der Waals surface area contributed by atoms with E-state index in [9.17, 15) is 0 Å². The Morgan fingerprint density at radius 3 is 2.43 bits per heavy atom. The van der Waals surface area contributed by atoms with Crippen LogP contribution >= 0.6 is 23.4 Å².